The standard InChI is InChI=1S/C20H33N5O2/c1-3-22-20(24-14-16-8-4-5-10-18(16)27-2)23-11-7-13-25-12-6-9-17(15-25)19(21)26/h4-5,8,10,17H,3,6-7,9,11-15H2,1-2H3,(H2,21,26)(H2,22,23,24). The molecular formula is C20H33N5O2. The third kappa shape index (κ3) is 7.09. The maximum atomic E-state index is 11.4. The first-order valence-electron chi connectivity index (χ1n) is 9.79. The molecule has 1 aliphatic heterocycles. The summed E-state index contributed by atoms with van der Waals surface area (Å²) in [5, 5.41) is 6.66. The number of benzene rings is 1. The summed E-state index contributed by atoms with van der Waals surface area (Å²) in [5.41, 5.74) is 6.51. The van der Waals surface area contributed by atoms with Crippen LogP contribution in [0.2, 0.25) is 0 Å². The number of amides is 1. The van der Waals surface area contributed by atoms with Crippen molar-refractivity contribution in [2.45, 2.75) is 32.7 Å². The Morgan fingerprint density at radius 1 is 1.37 bits per heavy atom. The molecule has 1 saturated heterocycles. The van der Waals surface area contributed by atoms with Crippen LogP contribution in [0.15, 0.2) is 29.3 Å². The van der Waals surface area contributed by atoms with Gasteiger partial charge in [-0.15, -0.1) is 0 Å². The van der Waals surface area contributed by atoms with Crippen LogP contribution in [-0.4, -0.2) is 56.6 Å². The minimum Gasteiger partial charge on any atom is -0.496 e. The zero-order valence-electron chi connectivity index (χ0n) is 16.5. The molecule has 1 aromatic carbocycles. The van der Waals surface area contributed by atoms with Crippen LogP contribution in [-0.2, 0) is 11.3 Å². The van der Waals surface area contributed by atoms with Crippen molar-refractivity contribution in [3.8, 4) is 5.75 Å². The Hall–Kier alpha value is -2.28. The van der Waals surface area contributed by atoms with Gasteiger partial charge in [0.1, 0.15) is 5.75 Å². The number of primary amides is 1. The van der Waals surface area contributed by atoms with Crippen LogP contribution in [0.1, 0.15) is 31.7 Å². The van der Waals surface area contributed by atoms with Gasteiger partial charge in [-0.3, -0.25) is 4.79 Å². The first-order valence-corrected chi connectivity index (χ1v) is 9.79. The maximum absolute atomic E-state index is 11.4. The van der Waals surface area contributed by atoms with Gasteiger partial charge in [0.05, 0.1) is 19.6 Å². The molecule has 0 radical (unpaired) electrons. The smallest absolute Gasteiger partial charge is 0.221 e. The van der Waals surface area contributed by atoms with Crippen molar-refractivity contribution < 1.29 is 9.53 Å². The average molecular weight is 376 g/mol. The molecule has 1 heterocycles. The number of hydrogen-bond donors (Lipinski definition) is 3. The summed E-state index contributed by atoms with van der Waals surface area (Å²) in [6.45, 7) is 7.05. The number of guanidine groups is 1. The largest absolute Gasteiger partial charge is 0.496 e. The van der Waals surface area contributed by atoms with E-state index in [1.54, 1.807) is 7.11 Å². The fourth-order valence-corrected chi connectivity index (χ4v) is 3.34. The van der Waals surface area contributed by atoms with Gasteiger partial charge in [0.2, 0.25) is 5.91 Å². The summed E-state index contributed by atoms with van der Waals surface area (Å²) in [6.07, 6.45) is 2.96. The van der Waals surface area contributed by atoms with Gasteiger partial charge >= 0.3 is 0 Å². The number of ether oxygens (including phenoxy) is 1. The van der Waals surface area contributed by atoms with Crippen molar-refractivity contribution in [1.82, 2.24) is 15.5 Å². The molecule has 1 fully saturated rings. The van der Waals surface area contributed by atoms with Crippen molar-refractivity contribution in [1.29, 1.82) is 0 Å². The number of piperidine rings is 1. The van der Waals surface area contributed by atoms with Crippen molar-refractivity contribution in [3.63, 3.8) is 0 Å². The predicted octanol–water partition coefficient (Wildman–Crippen LogP) is 1.34. The highest BCUT2D eigenvalue weighted by molar-refractivity contribution is 5.79. The van der Waals surface area contributed by atoms with Gasteiger partial charge < -0.3 is 26.0 Å². The summed E-state index contributed by atoms with van der Waals surface area (Å²) in [6, 6.07) is 7.92. The summed E-state index contributed by atoms with van der Waals surface area (Å²) < 4.78 is 5.38. The Morgan fingerprint density at radius 3 is 2.93 bits per heavy atom. The van der Waals surface area contributed by atoms with E-state index >= 15 is 0 Å². The topological polar surface area (TPSA) is 92.0 Å². The second-order valence-corrected chi connectivity index (χ2v) is 6.83. The number of carbonyl (C=O) groups excluding carboxylic acids is 1. The maximum Gasteiger partial charge on any atom is 0.221 e. The molecule has 1 amide bonds. The van der Waals surface area contributed by atoms with E-state index in [1.807, 2.05) is 24.3 Å². The molecule has 1 aromatic rings. The lowest BCUT2D eigenvalue weighted by atomic mass is 9.97. The van der Waals surface area contributed by atoms with Gasteiger partial charge in [-0.1, -0.05) is 18.2 Å². The van der Waals surface area contributed by atoms with Crippen LogP contribution in [0.4, 0.5) is 0 Å². The monoisotopic (exact) mass is 375 g/mol. The summed E-state index contributed by atoms with van der Waals surface area (Å²) in [5.74, 6) is 1.49. The van der Waals surface area contributed by atoms with Gasteiger partial charge in [-0.25, -0.2) is 4.99 Å². The lowest BCUT2D eigenvalue weighted by Crippen LogP contribution is -2.43. The summed E-state index contributed by atoms with van der Waals surface area (Å²) in [4.78, 5) is 18.4. The van der Waals surface area contributed by atoms with Gasteiger partial charge in [0.25, 0.3) is 0 Å². The minimum atomic E-state index is -0.171. The molecule has 1 unspecified atom stereocenters. The third-order valence-corrected chi connectivity index (χ3v) is 4.80. The van der Waals surface area contributed by atoms with E-state index in [-0.39, 0.29) is 11.8 Å². The van der Waals surface area contributed by atoms with Crippen LogP contribution in [0.3, 0.4) is 0 Å². The van der Waals surface area contributed by atoms with Gasteiger partial charge in [-0.2, -0.15) is 0 Å². The number of aliphatic imine (C=N–C) groups is 1. The molecule has 0 saturated carbocycles. The Labute approximate surface area is 162 Å². The van der Waals surface area contributed by atoms with E-state index in [0.717, 1.165) is 69.3 Å². The highest BCUT2D eigenvalue weighted by Gasteiger charge is 2.23. The Balaban J connectivity index is 1.78. The van der Waals surface area contributed by atoms with Crippen molar-refractivity contribution in [3.05, 3.63) is 29.8 Å². The van der Waals surface area contributed by atoms with Crippen LogP contribution < -0.4 is 21.1 Å². The first-order chi connectivity index (χ1) is 13.1. The average Bonchev–Trinajstić information content (AvgIpc) is 2.69. The lowest BCUT2D eigenvalue weighted by molar-refractivity contribution is -0.123. The SMILES string of the molecule is CCNC(=NCc1ccccc1OC)NCCCN1CCCC(C(N)=O)C1. The Bertz CT molecular complexity index is 620. The van der Waals surface area contributed by atoms with E-state index < -0.39 is 0 Å². The van der Waals surface area contributed by atoms with Crippen molar-refractivity contribution >= 4 is 11.9 Å². The molecule has 0 aromatic heterocycles. The quantitative estimate of drug-likeness (QED) is 0.344. The number of methoxy groups -OCH3 is 1. The Morgan fingerprint density at radius 2 is 2.19 bits per heavy atom. The Kier molecular flexibility index (Phi) is 8.91. The highest BCUT2D eigenvalue weighted by Crippen LogP contribution is 2.18. The molecule has 1 atom stereocenters. The molecule has 7 heteroatoms. The van der Waals surface area contributed by atoms with Gasteiger partial charge in [0.15, 0.2) is 5.96 Å². The van der Waals surface area contributed by atoms with Gasteiger partial charge in [-0.05, 0) is 45.3 Å². The second-order valence-electron chi connectivity index (χ2n) is 6.83. The zero-order chi connectivity index (χ0) is 19.5. The highest BCUT2D eigenvalue weighted by atomic mass is 16.5. The number of nitrogens with zero attached hydrogens (tertiary/aromatic N) is 2. The number of nitrogens with one attached hydrogen (secondary N) is 2. The van der Waals surface area contributed by atoms with E-state index in [4.69, 9.17) is 10.5 Å². The zero-order valence-corrected chi connectivity index (χ0v) is 16.5. The number of nitrogens with two attached hydrogens (primary N) is 1. The summed E-state index contributed by atoms with van der Waals surface area (Å²) in [7, 11) is 1.68. The molecule has 7 nitrogen and oxygen atoms in total. The van der Waals surface area contributed by atoms with Crippen LogP contribution >= 0.6 is 0 Å². The van der Waals surface area contributed by atoms with E-state index in [9.17, 15) is 4.79 Å². The minimum absolute atomic E-state index is 0.00597. The predicted molar refractivity (Wildman–Crippen MR) is 109 cm³/mol. The van der Waals surface area contributed by atoms with Crippen LogP contribution in [0, 0.1) is 5.92 Å². The fourth-order valence-electron chi connectivity index (χ4n) is 3.34. The fraction of sp³-hybridized carbons (Fsp3) is 0.600. The molecule has 0 aliphatic carbocycles. The first kappa shape index (κ1) is 21.0. The van der Waals surface area contributed by atoms with Crippen LogP contribution in [0.5, 0.6) is 5.75 Å². The normalized spacial score (nSPS) is 18.1. The van der Waals surface area contributed by atoms with Gasteiger partial charge in [0, 0.05) is 25.2 Å². The molecule has 27 heavy (non-hydrogen) atoms. The molecule has 4 N–H and O–H groups in total. The number of rotatable bonds is 9. The number of likely N-dealkylation sites (tertiary alicyclic amines) is 1. The molecule has 2 rings (SSSR count). The number of carbonyl (C=O) groups is 1. The lowest BCUT2D eigenvalue weighted by Gasteiger charge is -2.31. The molecule has 0 bridgehead atoms. The molecule has 1 aliphatic rings. The van der Waals surface area contributed by atoms with E-state index in [2.05, 4.69) is 27.4 Å². The number of para-hydroxylation sites is 1. The van der Waals surface area contributed by atoms with E-state index in [0.29, 0.717) is 6.54 Å². The van der Waals surface area contributed by atoms with E-state index in [1.165, 1.54) is 0 Å². The molecule has 150 valence electrons. The second kappa shape index (κ2) is 11.4. The third-order valence-electron chi connectivity index (χ3n) is 4.80. The van der Waals surface area contributed by atoms with Crippen molar-refractivity contribution in [2.24, 2.45) is 16.6 Å². The molecular weight excluding hydrogens is 342 g/mol. The van der Waals surface area contributed by atoms with Crippen molar-refractivity contribution in [2.75, 3.05) is 39.8 Å². The number of hydrogen-bond acceptors (Lipinski definition) is 4. The van der Waals surface area contributed by atoms with Crippen LogP contribution in [0.25, 0.3) is 0 Å². The summed E-state index contributed by atoms with van der Waals surface area (Å²) >= 11 is 0. The molecule has 0 spiro atoms.